The predicted molar refractivity (Wildman–Crippen MR) is 56.6 cm³/mol. The van der Waals surface area contributed by atoms with Gasteiger partial charge in [0.25, 0.3) is 0 Å². The Bertz CT molecular complexity index is 432. The van der Waals surface area contributed by atoms with E-state index in [1.807, 2.05) is 6.20 Å². The molecule has 3 rings (SSSR count). The normalized spacial score (nSPS) is 19.9. The lowest BCUT2D eigenvalue weighted by Crippen LogP contribution is -2.15. The Kier molecular flexibility index (Phi) is 1.98. The van der Waals surface area contributed by atoms with E-state index in [2.05, 4.69) is 21.6 Å². The van der Waals surface area contributed by atoms with Crippen molar-refractivity contribution in [1.29, 1.82) is 0 Å². The zero-order valence-corrected chi connectivity index (χ0v) is 8.36. The van der Waals surface area contributed by atoms with E-state index in [4.69, 9.17) is 4.42 Å². The average molecular weight is 203 g/mol. The SMILES string of the molecule is c1cc2c(o1)CCCC2Nc1cn[nH]c1. The maximum atomic E-state index is 5.44. The molecule has 4 nitrogen and oxygen atoms in total. The fourth-order valence-corrected chi connectivity index (χ4v) is 2.17. The molecule has 0 spiro atoms. The average Bonchev–Trinajstić information content (AvgIpc) is 2.87. The molecule has 15 heavy (non-hydrogen) atoms. The first-order valence-corrected chi connectivity index (χ1v) is 5.25. The van der Waals surface area contributed by atoms with Gasteiger partial charge in [-0.1, -0.05) is 0 Å². The quantitative estimate of drug-likeness (QED) is 0.788. The van der Waals surface area contributed by atoms with E-state index in [1.54, 1.807) is 12.5 Å². The lowest BCUT2D eigenvalue weighted by Gasteiger charge is -2.22. The van der Waals surface area contributed by atoms with Crippen LogP contribution in [0.2, 0.25) is 0 Å². The molecule has 0 amide bonds. The first kappa shape index (κ1) is 8.59. The second kappa shape index (κ2) is 3.46. The number of hydrogen-bond donors (Lipinski definition) is 2. The molecule has 2 N–H and O–H groups in total. The highest BCUT2D eigenvalue weighted by Gasteiger charge is 2.22. The molecule has 0 saturated carbocycles. The number of H-pyrrole nitrogens is 1. The van der Waals surface area contributed by atoms with Crippen LogP contribution < -0.4 is 5.32 Å². The summed E-state index contributed by atoms with van der Waals surface area (Å²) in [5.41, 5.74) is 2.33. The van der Waals surface area contributed by atoms with Gasteiger partial charge in [0.05, 0.1) is 24.2 Å². The van der Waals surface area contributed by atoms with Crippen LogP contribution in [0.15, 0.2) is 29.1 Å². The van der Waals surface area contributed by atoms with Crippen LogP contribution in [0.1, 0.15) is 30.2 Å². The first-order chi connectivity index (χ1) is 7.43. The second-order valence-corrected chi connectivity index (χ2v) is 3.88. The molecule has 4 heteroatoms. The number of hydrogen-bond acceptors (Lipinski definition) is 3. The molecule has 2 aromatic rings. The number of aromatic nitrogens is 2. The molecule has 1 aliphatic carbocycles. The molecule has 0 aromatic carbocycles. The molecule has 0 radical (unpaired) electrons. The molecular weight excluding hydrogens is 190 g/mol. The topological polar surface area (TPSA) is 53.9 Å². The van der Waals surface area contributed by atoms with Crippen LogP contribution in [0.5, 0.6) is 0 Å². The van der Waals surface area contributed by atoms with E-state index in [-0.39, 0.29) is 0 Å². The van der Waals surface area contributed by atoms with Crippen molar-refractivity contribution in [3.63, 3.8) is 0 Å². The lowest BCUT2D eigenvalue weighted by atomic mass is 9.93. The van der Waals surface area contributed by atoms with Crippen LogP contribution in [0.3, 0.4) is 0 Å². The number of furan rings is 1. The van der Waals surface area contributed by atoms with Crippen molar-refractivity contribution in [2.75, 3.05) is 5.32 Å². The van der Waals surface area contributed by atoms with E-state index in [9.17, 15) is 0 Å². The third kappa shape index (κ3) is 1.52. The Labute approximate surface area is 87.7 Å². The summed E-state index contributed by atoms with van der Waals surface area (Å²) in [7, 11) is 0. The zero-order chi connectivity index (χ0) is 10.1. The maximum absolute atomic E-state index is 5.44. The van der Waals surface area contributed by atoms with Gasteiger partial charge < -0.3 is 9.73 Å². The van der Waals surface area contributed by atoms with Gasteiger partial charge in [0, 0.05) is 18.2 Å². The second-order valence-electron chi connectivity index (χ2n) is 3.88. The summed E-state index contributed by atoms with van der Waals surface area (Å²) in [6.45, 7) is 0. The van der Waals surface area contributed by atoms with Crippen molar-refractivity contribution in [2.24, 2.45) is 0 Å². The molecule has 1 unspecified atom stereocenters. The van der Waals surface area contributed by atoms with E-state index in [0.29, 0.717) is 6.04 Å². The Morgan fingerprint density at radius 1 is 1.53 bits per heavy atom. The lowest BCUT2D eigenvalue weighted by molar-refractivity contribution is 0.461. The zero-order valence-electron chi connectivity index (χ0n) is 8.36. The van der Waals surface area contributed by atoms with Crippen molar-refractivity contribution < 1.29 is 4.42 Å². The minimum absolute atomic E-state index is 0.366. The molecule has 0 fully saturated rings. The van der Waals surface area contributed by atoms with Gasteiger partial charge in [0.2, 0.25) is 0 Å². The number of nitrogens with one attached hydrogen (secondary N) is 2. The van der Waals surface area contributed by atoms with Crippen molar-refractivity contribution in [3.8, 4) is 0 Å². The summed E-state index contributed by atoms with van der Waals surface area (Å²) in [4.78, 5) is 0. The summed E-state index contributed by atoms with van der Waals surface area (Å²) < 4.78 is 5.44. The van der Waals surface area contributed by atoms with Crippen molar-refractivity contribution >= 4 is 5.69 Å². The highest BCUT2D eigenvalue weighted by atomic mass is 16.3. The van der Waals surface area contributed by atoms with E-state index < -0.39 is 0 Å². The molecule has 1 atom stereocenters. The largest absolute Gasteiger partial charge is 0.469 e. The van der Waals surface area contributed by atoms with Crippen molar-refractivity contribution in [2.45, 2.75) is 25.3 Å². The van der Waals surface area contributed by atoms with Gasteiger partial charge in [-0.15, -0.1) is 0 Å². The first-order valence-electron chi connectivity index (χ1n) is 5.25. The Hall–Kier alpha value is -1.71. The molecular formula is C11H13N3O. The minimum atomic E-state index is 0.366. The fraction of sp³-hybridized carbons (Fsp3) is 0.364. The monoisotopic (exact) mass is 203 g/mol. The van der Waals surface area contributed by atoms with Crippen LogP contribution in [-0.4, -0.2) is 10.2 Å². The van der Waals surface area contributed by atoms with Gasteiger partial charge in [-0.2, -0.15) is 5.10 Å². The Balaban J connectivity index is 1.84. The van der Waals surface area contributed by atoms with Crippen LogP contribution >= 0.6 is 0 Å². The molecule has 0 saturated heterocycles. The van der Waals surface area contributed by atoms with E-state index >= 15 is 0 Å². The van der Waals surface area contributed by atoms with Crippen LogP contribution in [0, 0.1) is 0 Å². The standard InChI is InChI=1S/C11H13N3O/c1-2-10(14-8-6-12-13-7-8)9-4-5-15-11(9)3-1/h4-7,10,14H,1-3H2,(H,12,13). The van der Waals surface area contributed by atoms with Gasteiger partial charge in [-0.3, -0.25) is 5.10 Å². The summed E-state index contributed by atoms with van der Waals surface area (Å²) in [5, 5.41) is 10.2. The van der Waals surface area contributed by atoms with Gasteiger partial charge in [-0.25, -0.2) is 0 Å². The van der Waals surface area contributed by atoms with Gasteiger partial charge in [-0.05, 0) is 18.9 Å². The molecule has 0 bridgehead atoms. The number of aromatic amines is 1. The molecule has 1 aliphatic rings. The summed E-state index contributed by atoms with van der Waals surface area (Å²) in [6, 6.07) is 2.43. The van der Waals surface area contributed by atoms with Crippen molar-refractivity contribution in [3.05, 3.63) is 36.0 Å². The summed E-state index contributed by atoms with van der Waals surface area (Å²) in [5.74, 6) is 1.13. The highest BCUT2D eigenvalue weighted by molar-refractivity contribution is 5.42. The maximum Gasteiger partial charge on any atom is 0.109 e. The number of rotatable bonds is 2. The van der Waals surface area contributed by atoms with Crippen molar-refractivity contribution in [1.82, 2.24) is 10.2 Å². The molecule has 2 heterocycles. The van der Waals surface area contributed by atoms with Crippen LogP contribution in [0.25, 0.3) is 0 Å². The fourth-order valence-electron chi connectivity index (χ4n) is 2.17. The number of anilines is 1. The number of nitrogens with zero attached hydrogens (tertiary/aromatic N) is 1. The van der Waals surface area contributed by atoms with Crippen LogP contribution in [-0.2, 0) is 6.42 Å². The van der Waals surface area contributed by atoms with E-state index in [1.165, 1.54) is 12.0 Å². The third-order valence-corrected chi connectivity index (χ3v) is 2.89. The highest BCUT2D eigenvalue weighted by Crippen LogP contribution is 2.32. The smallest absolute Gasteiger partial charge is 0.109 e. The number of fused-ring (bicyclic) bond motifs is 1. The van der Waals surface area contributed by atoms with Crippen LogP contribution in [0.4, 0.5) is 5.69 Å². The Morgan fingerprint density at radius 3 is 3.40 bits per heavy atom. The third-order valence-electron chi connectivity index (χ3n) is 2.89. The number of aryl methyl sites for hydroxylation is 1. The minimum Gasteiger partial charge on any atom is -0.469 e. The van der Waals surface area contributed by atoms with Gasteiger partial charge in [0.15, 0.2) is 0 Å². The summed E-state index contributed by atoms with van der Waals surface area (Å²) in [6.07, 6.45) is 8.84. The molecule has 0 aliphatic heterocycles. The van der Waals surface area contributed by atoms with E-state index in [0.717, 1.165) is 24.3 Å². The summed E-state index contributed by atoms with van der Waals surface area (Å²) >= 11 is 0. The predicted octanol–water partition coefficient (Wildman–Crippen LogP) is 2.49. The van der Waals surface area contributed by atoms with Gasteiger partial charge >= 0.3 is 0 Å². The Morgan fingerprint density at radius 2 is 2.53 bits per heavy atom. The molecule has 2 aromatic heterocycles. The molecule has 78 valence electrons. The van der Waals surface area contributed by atoms with Gasteiger partial charge in [0.1, 0.15) is 5.76 Å².